The first-order valence-corrected chi connectivity index (χ1v) is 7.52. The van der Waals surface area contributed by atoms with Gasteiger partial charge < -0.3 is 10.2 Å². The van der Waals surface area contributed by atoms with Gasteiger partial charge in [-0.1, -0.05) is 0 Å². The largest absolute Gasteiger partial charge is 0.466 e. The van der Waals surface area contributed by atoms with E-state index < -0.39 is 5.91 Å². The molecule has 3 heterocycles. The summed E-state index contributed by atoms with van der Waals surface area (Å²) in [4.78, 5) is 17.5. The molecule has 2 N–H and O–H groups in total. The zero-order chi connectivity index (χ0) is 15.7. The molecule has 0 radical (unpaired) electrons. The molecular formula is C15H21N5O2. The topological polar surface area (TPSA) is 90.2 Å². The highest BCUT2D eigenvalue weighted by atomic mass is 16.3. The van der Waals surface area contributed by atoms with Gasteiger partial charge >= 0.3 is 0 Å². The van der Waals surface area contributed by atoms with Crippen molar-refractivity contribution in [3.05, 3.63) is 35.3 Å². The number of rotatable bonds is 4. The van der Waals surface area contributed by atoms with Gasteiger partial charge in [-0.15, -0.1) is 5.10 Å². The summed E-state index contributed by atoms with van der Waals surface area (Å²) in [5.74, 6) is 1.43. The van der Waals surface area contributed by atoms with Crippen molar-refractivity contribution in [3.63, 3.8) is 0 Å². The van der Waals surface area contributed by atoms with E-state index in [2.05, 4.69) is 21.0 Å². The fraction of sp³-hybridized carbons (Fsp3) is 0.533. The van der Waals surface area contributed by atoms with Crippen LogP contribution in [0.2, 0.25) is 0 Å². The summed E-state index contributed by atoms with van der Waals surface area (Å²) in [5.41, 5.74) is 6.44. The third-order valence-electron chi connectivity index (χ3n) is 4.12. The maximum atomic E-state index is 11.1. The number of likely N-dealkylation sites (tertiary alicyclic amines) is 1. The lowest BCUT2D eigenvalue weighted by Gasteiger charge is -2.32. The van der Waals surface area contributed by atoms with E-state index in [0.29, 0.717) is 0 Å². The first kappa shape index (κ1) is 14.8. The van der Waals surface area contributed by atoms with Crippen molar-refractivity contribution < 1.29 is 9.21 Å². The molecule has 2 aromatic rings. The quantitative estimate of drug-likeness (QED) is 0.922. The molecule has 1 amide bonds. The van der Waals surface area contributed by atoms with Gasteiger partial charge in [0.2, 0.25) is 5.82 Å². The second kappa shape index (κ2) is 5.92. The van der Waals surface area contributed by atoms with Crippen LogP contribution in [0.4, 0.5) is 0 Å². The second-order valence-corrected chi connectivity index (χ2v) is 5.88. The highest BCUT2D eigenvalue weighted by molar-refractivity contribution is 5.88. The summed E-state index contributed by atoms with van der Waals surface area (Å²) in [6.07, 6.45) is 3.72. The summed E-state index contributed by atoms with van der Waals surface area (Å²) in [6, 6.07) is 2.32. The van der Waals surface area contributed by atoms with Crippen LogP contribution in [0.3, 0.4) is 0 Å². The van der Waals surface area contributed by atoms with E-state index in [9.17, 15) is 4.79 Å². The number of hydrogen-bond donors (Lipinski definition) is 1. The summed E-state index contributed by atoms with van der Waals surface area (Å²) < 4.78 is 7.36. The van der Waals surface area contributed by atoms with Crippen LogP contribution in [0.5, 0.6) is 0 Å². The van der Waals surface area contributed by atoms with Gasteiger partial charge in [0.05, 0.1) is 6.04 Å². The number of furan rings is 1. The van der Waals surface area contributed by atoms with Crippen LogP contribution in [0.25, 0.3) is 0 Å². The van der Waals surface area contributed by atoms with E-state index in [4.69, 9.17) is 10.2 Å². The van der Waals surface area contributed by atoms with Gasteiger partial charge in [0.25, 0.3) is 5.91 Å². The predicted molar refractivity (Wildman–Crippen MR) is 80.3 cm³/mol. The number of primary amides is 1. The molecule has 22 heavy (non-hydrogen) atoms. The number of hydrogen-bond acceptors (Lipinski definition) is 5. The van der Waals surface area contributed by atoms with Crippen LogP contribution in [-0.2, 0) is 6.54 Å². The van der Waals surface area contributed by atoms with Crippen molar-refractivity contribution in [1.82, 2.24) is 19.7 Å². The molecule has 1 atom stereocenters. The number of amides is 1. The fourth-order valence-corrected chi connectivity index (χ4v) is 3.04. The standard InChI is InChI=1S/C15H21N5O2/c1-10-6-12(11(2)22-10)7-19-5-3-4-13(8-19)20-9-17-15(18-20)14(16)21/h6,9,13H,3-5,7-8H2,1-2H3,(H2,16,21)/t13-/m0/s1. The molecule has 2 aromatic heterocycles. The molecule has 1 aliphatic heterocycles. The second-order valence-electron chi connectivity index (χ2n) is 5.88. The first-order valence-electron chi connectivity index (χ1n) is 7.52. The van der Waals surface area contributed by atoms with Crippen molar-refractivity contribution in [2.24, 2.45) is 5.73 Å². The average Bonchev–Trinajstić information content (AvgIpc) is 3.07. The lowest BCUT2D eigenvalue weighted by molar-refractivity contribution is 0.0989. The van der Waals surface area contributed by atoms with Gasteiger partial charge in [-0.25, -0.2) is 9.67 Å². The lowest BCUT2D eigenvalue weighted by Crippen LogP contribution is -2.36. The average molecular weight is 303 g/mol. The van der Waals surface area contributed by atoms with Crippen molar-refractivity contribution >= 4 is 5.91 Å². The Hall–Kier alpha value is -2.15. The number of carbonyl (C=O) groups is 1. The van der Waals surface area contributed by atoms with E-state index in [0.717, 1.165) is 44.0 Å². The molecule has 1 fully saturated rings. The van der Waals surface area contributed by atoms with Gasteiger partial charge in [0.15, 0.2) is 0 Å². The predicted octanol–water partition coefficient (Wildman–Crippen LogP) is 1.42. The SMILES string of the molecule is Cc1cc(CN2CCC[C@H](n3cnc(C(N)=O)n3)C2)c(C)o1. The number of carbonyl (C=O) groups excluding carboxylic acids is 1. The minimum absolute atomic E-state index is 0.0819. The first-order chi connectivity index (χ1) is 10.5. The van der Waals surface area contributed by atoms with Gasteiger partial charge in [-0.2, -0.15) is 0 Å². The zero-order valence-electron chi connectivity index (χ0n) is 13.0. The molecule has 3 rings (SSSR count). The van der Waals surface area contributed by atoms with Crippen molar-refractivity contribution in [2.45, 2.75) is 39.3 Å². The summed E-state index contributed by atoms with van der Waals surface area (Å²) >= 11 is 0. The molecule has 0 bridgehead atoms. The number of aromatic nitrogens is 3. The molecule has 0 unspecified atom stereocenters. The van der Waals surface area contributed by atoms with Crippen LogP contribution in [0.15, 0.2) is 16.8 Å². The van der Waals surface area contributed by atoms with Gasteiger partial charge in [0.1, 0.15) is 17.8 Å². The number of aryl methyl sites for hydroxylation is 2. The van der Waals surface area contributed by atoms with Crippen LogP contribution in [0.1, 0.15) is 46.6 Å². The normalized spacial score (nSPS) is 19.5. The Morgan fingerprint density at radius 2 is 2.32 bits per heavy atom. The Balaban J connectivity index is 1.68. The fourth-order valence-electron chi connectivity index (χ4n) is 3.04. The molecule has 0 saturated carbocycles. The molecule has 118 valence electrons. The van der Waals surface area contributed by atoms with E-state index in [1.165, 1.54) is 5.56 Å². The van der Waals surface area contributed by atoms with E-state index >= 15 is 0 Å². The molecule has 0 aliphatic carbocycles. The highest BCUT2D eigenvalue weighted by Gasteiger charge is 2.23. The summed E-state index contributed by atoms with van der Waals surface area (Å²) in [5, 5.41) is 4.18. The van der Waals surface area contributed by atoms with Gasteiger partial charge in [-0.05, 0) is 39.3 Å². The smallest absolute Gasteiger partial charge is 0.288 e. The van der Waals surface area contributed by atoms with Crippen LogP contribution >= 0.6 is 0 Å². The number of nitrogens with zero attached hydrogens (tertiary/aromatic N) is 4. The van der Waals surface area contributed by atoms with Crippen LogP contribution in [0, 0.1) is 13.8 Å². The van der Waals surface area contributed by atoms with Crippen molar-refractivity contribution in [2.75, 3.05) is 13.1 Å². The van der Waals surface area contributed by atoms with Crippen molar-refractivity contribution in [3.8, 4) is 0 Å². The Bertz CT molecular complexity index is 675. The minimum Gasteiger partial charge on any atom is -0.466 e. The molecule has 7 heteroatoms. The third-order valence-corrected chi connectivity index (χ3v) is 4.12. The summed E-state index contributed by atoms with van der Waals surface area (Å²) in [7, 11) is 0. The van der Waals surface area contributed by atoms with E-state index in [-0.39, 0.29) is 11.9 Å². The number of piperidine rings is 1. The Kier molecular flexibility index (Phi) is 3.98. The third kappa shape index (κ3) is 3.04. The van der Waals surface area contributed by atoms with Crippen molar-refractivity contribution in [1.29, 1.82) is 0 Å². The lowest BCUT2D eigenvalue weighted by atomic mass is 10.1. The summed E-state index contributed by atoms with van der Waals surface area (Å²) in [6.45, 7) is 6.77. The Morgan fingerprint density at radius 1 is 1.50 bits per heavy atom. The van der Waals surface area contributed by atoms with Crippen LogP contribution in [-0.4, -0.2) is 38.7 Å². The molecule has 0 aromatic carbocycles. The van der Waals surface area contributed by atoms with Gasteiger partial charge in [0, 0.05) is 18.7 Å². The Labute approximate surface area is 129 Å². The Morgan fingerprint density at radius 3 is 2.95 bits per heavy atom. The number of nitrogens with two attached hydrogens (primary N) is 1. The molecule has 1 saturated heterocycles. The maximum absolute atomic E-state index is 11.1. The zero-order valence-corrected chi connectivity index (χ0v) is 13.0. The minimum atomic E-state index is -0.587. The maximum Gasteiger partial charge on any atom is 0.288 e. The molecular weight excluding hydrogens is 282 g/mol. The highest BCUT2D eigenvalue weighted by Crippen LogP contribution is 2.24. The molecule has 7 nitrogen and oxygen atoms in total. The van der Waals surface area contributed by atoms with E-state index in [1.54, 1.807) is 11.0 Å². The van der Waals surface area contributed by atoms with E-state index in [1.807, 2.05) is 13.8 Å². The van der Waals surface area contributed by atoms with Crippen LogP contribution < -0.4 is 5.73 Å². The van der Waals surface area contributed by atoms with Gasteiger partial charge in [-0.3, -0.25) is 9.69 Å². The molecule has 0 spiro atoms. The monoisotopic (exact) mass is 303 g/mol. The molecule has 1 aliphatic rings.